The number of piperazine rings is 1. The first-order valence-electron chi connectivity index (χ1n) is 16.0. The minimum absolute atomic E-state index is 0.0188. The summed E-state index contributed by atoms with van der Waals surface area (Å²) in [5.41, 5.74) is 1.79. The number of hydrogen-bond donors (Lipinski definition) is 2. The number of nitrogens with zero attached hydrogens (tertiary/aromatic N) is 4. The summed E-state index contributed by atoms with van der Waals surface area (Å²) in [5.74, 6) is -0.453. The first kappa shape index (κ1) is 30.4. The molecule has 3 atom stereocenters. The number of aryl methyl sites for hydroxylation is 1. The molecule has 4 amide bonds. The lowest BCUT2D eigenvalue weighted by atomic mass is 9.85. The Morgan fingerprint density at radius 3 is 2.41 bits per heavy atom. The Hall–Kier alpha value is -3.67. The van der Waals surface area contributed by atoms with Crippen molar-refractivity contribution in [1.82, 2.24) is 29.6 Å². The minimum atomic E-state index is -0.690. The number of carbonyl (C=O) groups is 4. The number of likely N-dealkylation sites (tertiary alicyclic amines) is 2. The van der Waals surface area contributed by atoms with Crippen molar-refractivity contribution in [2.45, 2.75) is 102 Å². The van der Waals surface area contributed by atoms with Gasteiger partial charge < -0.3 is 15.0 Å². The average molecular weight is 609 g/mol. The van der Waals surface area contributed by atoms with Crippen LogP contribution in [0.25, 0.3) is 11.0 Å². The summed E-state index contributed by atoms with van der Waals surface area (Å²) in [6.45, 7) is 8.06. The van der Waals surface area contributed by atoms with E-state index in [1.807, 2.05) is 39.0 Å². The molecule has 3 aliphatic heterocycles. The Morgan fingerprint density at radius 2 is 1.75 bits per heavy atom. The number of imidazole rings is 1. The molecular formula is C32H44N6O6. The SMILES string of the molecule is Cn1c(=O)n(C2CCC(=O)NC2=O)c2ccc(CCN3C[C@H]4C[C@@H]3CN4C(=O)C3CCC(NC(=O)OC(C)(C)C)CC3)cc21. The highest BCUT2D eigenvalue weighted by atomic mass is 16.6. The van der Waals surface area contributed by atoms with Gasteiger partial charge in [-0.15, -0.1) is 0 Å². The molecule has 1 aromatic heterocycles. The number of amides is 4. The number of ether oxygens (including phenoxy) is 1. The fourth-order valence-corrected chi connectivity index (χ4v) is 7.55. The van der Waals surface area contributed by atoms with Gasteiger partial charge >= 0.3 is 11.8 Å². The molecule has 1 aliphatic carbocycles. The number of rotatable bonds is 6. The molecule has 2 N–H and O–H groups in total. The van der Waals surface area contributed by atoms with E-state index in [4.69, 9.17) is 4.74 Å². The molecule has 0 spiro atoms. The van der Waals surface area contributed by atoms with Crippen LogP contribution in [0.15, 0.2) is 23.0 Å². The third-order valence-corrected chi connectivity index (χ3v) is 9.80. The number of piperidine rings is 1. The van der Waals surface area contributed by atoms with Crippen LogP contribution in [-0.4, -0.2) is 86.1 Å². The summed E-state index contributed by atoms with van der Waals surface area (Å²) in [6.07, 6.45) is 5.11. The van der Waals surface area contributed by atoms with Crippen molar-refractivity contribution < 1.29 is 23.9 Å². The lowest BCUT2D eigenvalue weighted by molar-refractivity contribution is -0.139. The number of hydrogen-bond acceptors (Lipinski definition) is 7. The van der Waals surface area contributed by atoms with E-state index in [1.165, 1.54) is 4.57 Å². The third kappa shape index (κ3) is 6.00. The maximum atomic E-state index is 13.5. The van der Waals surface area contributed by atoms with E-state index in [-0.39, 0.29) is 48.0 Å². The second-order valence-electron chi connectivity index (χ2n) is 14.0. The number of imide groups is 1. The number of fused-ring (bicyclic) bond motifs is 3. The minimum Gasteiger partial charge on any atom is -0.444 e. The summed E-state index contributed by atoms with van der Waals surface area (Å²) in [6, 6.07) is 5.91. The van der Waals surface area contributed by atoms with Gasteiger partial charge in [-0.1, -0.05) is 6.07 Å². The fraction of sp³-hybridized carbons (Fsp3) is 0.656. The second-order valence-corrected chi connectivity index (χ2v) is 14.0. The molecule has 1 aromatic carbocycles. The Bertz CT molecular complexity index is 1530. The van der Waals surface area contributed by atoms with Crippen LogP contribution in [0.5, 0.6) is 0 Å². The van der Waals surface area contributed by atoms with Crippen LogP contribution < -0.4 is 16.3 Å². The van der Waals surface area contributed by atoms with Crippen LogP contribution >= 0.6 is 0 Å². The van der Waals surface area contributed by atoms with Crippen molar-refractivity contribution in [3.8, 4) is 0 Å². The predicted octanol–water partition coefficient (Wildman–Crippen LogP) is 2.23. The largest absolute Gasteiger partial charge is 0.444 e. The molecule has 6 rings (SSSR count). The number of aromatic nitrogens is 2. The van der Waals surface area contributed by atoms with Gasteiger partial charge in [-0.25, -0.2) is 9.59 Å². The van der Waals surface area contributed by atoms with Crippen LogP contribution in [0.4, 0.5) is 4.79 Å². The lowest BCUT2D eigenvalue weighted by Gasteiger charge is -2.37. The highest BCUT2D eigenvalue weighted by Gasteiger charge is 2.46. The molecule has 1 saturated carbocycles. The van der Waals surface area contributed by atoms with E-state index in [1.54, 1.807) is 11.6 Å². The third-order valence-electron chi connectivity index (χ3n) is 9.80. The van der Waals surface area contributed by atoms with Gasteiger partial charge in [-0.3, -0.25) is 33.7 Å². The van der Waals surface area contributed by atoms with Gasteiger partial charge in [0.1, 0.15) is 11.6 Å². The van der Waals surface area contributed by atoms with Gasteiger partial charge in [-0.2, -0.15) is 0 Å². The number of alkyl carbamates (subject to hydrolysis) is 1. The average Bonchev–Trinajstić information content (AvgIpc) is 3.63. The van der Waals surface area contributed by atoms with E-state index >= 15 is 0 Å². The number of carbonyl (C=O) groups excluding carboxylic acids is 4. The monoisotopic (exact) mass is 608 g/mol. The Morgan fingerprint density at radius 1 is 1.00 bits per heavy atom. The molecule has 4 aliphatic rings. The Kier molecular flexibility index (Phi) is 8.06. The maximum Gasteiger partial charge on any atom is 0.407 e. The van der Waals surface area contributed by atoms with Gasteiger partial charge in [0.15, 0.2) is 0 Å². The van der Waals surface area contributed by atoms with Crippen molar-refractivity contribution in [2.24, 2.45) is 13.0 Å². The fourth-order valence-electron chi connectivity index (χ4n) is 7.55. The smallest absolute Gasteiger partial charge is 0.407 e. The predicted molar refractivity (Wildman–Crippen MR) is 163 cm³/mol. The molecule has 1 unspecified atom stereocenters. The van der Waals surface area contributed by atoms with Crippen LogP contribution in [0, 0.1) is 5.92 Å². The van der Waals surface area contributed by atoms with E-state index in [9.17, 15) is 24.0 Å². The van der Waals surface area contributed by atoms with Crippen molar-refractivity contribution in [2.75, 3.05) is 19.6 Å². The van der Waals surface area contributed by atoms with Gasteiger partial charge in [-0.05, 0) is 83.4 Å². The summed E-state index contributed by atoms with van der Waals surface area (Å²) < 4.78 is 8.46. The summed E-state index contributed by atoms with van der Waals surface area (Å²) in [5, 5.41) is 5.31. The summed E-state index contributed by atoms with van der Waals surface area (Å²) >= 11 is 0. The molecule has 12 heteroatoms. The maximum absolute atomic E-state index is 13.5. The second kappa shape index (κ2) is 11.7. The zero-order chi connectivity index (χ0) is 31.3. The standard InChI is InChI=1S/C32H44N6O6/c1-32(2,3)44-30(42)33-21-8-6-20(7-9-21)29(41)37-18-22-16-23(37)17-36(22)14-13-19-5-10-24-26(15-19)35(4)31(43)38(24)25-11-12-27(39)34-28(25)40/h5,10,15,20-23,25H,6-9,11-14,16-18H2,1-4H3,(H,33,42)(H,34,39,40)/t20?,21?,22-,23-,25?/m1/s1. The summed E-state index contributed by atoms with van der Waals surface area (Å²) in [7, 11) is 1.71. The Labute approximate surface area is 257 Å². The zero-order valence-electron chi connectivity index (χ0n) is 26.1. The van der Waals surface area contributed by atoms with Gasteiger partial charge in [0.05, 0.1) is 11.0 Å². The lowest BCUT2D eigenvalue weighted by Crippen LogP contribution is -2.51. The highest BCUT2D eigenvalue weighted by Crippen LogP contribution is 2.35. The molecule has 238 valence electrons. The molecule has 12 nitrogen and oxygen atoms in total. The first-order chi connectivity index (χ1) is 20.9. The molecule has 0 radical (unpaired) electrons. The molecule has 4 fully saturated rings. The molecular weight excluding hydrogens is 564 g/mol. The summed E-state index contributed by atoms with van der Waals surface area (Å²) in [4.78, 5) is 67.3. The van der Waals surface area contributed by atoms with Gasteiger partial charge in [0.2, 0.25) is 17.7 Å². The Balaban J connectivity index is 1.01. The van der Waals surface area contributed by atoms with E-state index in [0.717, 1.165) is 69.2 Å². The van der Waals surface area contributed by atoms with E-state index in [0.29, 0.717) is 18.0 Å². The van der Waals surface area contributed by atoms with Gasteiger partial charge in [0, 0.05) is 57.1 Å². The van der Waals surface area contributed by atoms with E-state index in [2.05, 4.69) is 20.4 Å². The molecule has 4 heterocycles. The van der Waals surface area contributed by atoms with Gasteiger partial charge in [0.25, 0.3) is 0 Å². The van der Waals surface area contributed by atoms with Crippen molar-refractivity contribution in [3.63, 3.8) is 0 Å². The topological polar surface area (TPSA) is 135 Å². The van der Waals surface area contributed by atoms with Crippen molar-refractivity contribution >= 4 is 34.8 Å². The van der Waals surface area contributed by atoms with Crippen LogP contribution in [0.3, 0.4) is 0 Å². The first-order valence-corrected chi connectivity index (χ1v) is 16.0. The molecule has 44 heavy (non-hydrogen) atoms. The quantitative estimate of drug-likeness (QED) is 0.481. The van der Waals surface area contributed by atoms with E-state index < -0.39 is 17.6 Å². The molecule has 2 bridgehead atoms. The number of benzene rings is 1. The highest BCUT2D eigenvalue weighted by molar-refractivity contribution is 6.00. The van der Waals surface area contributed by atoms with Crippen LogP contribution in [-0.2, 0) is 32.6 Å². The normalized spacial score (nSPS) is 27.5. The van der Waals surface area contributed by atoms with Crippen molar-refractivity contribution in [3.05, 3.63) is 34.2 Å². The van der Waals surface area contributed by atoms with Crippen molar-refractivity contribution in [1.29, 1.82) is 0 Å². The molecule has 3 saturated heterocycles. The zero-order valence-corrected chi connectivity index (χ0v) is 26.1. The number of nitrogens with one attached hydrogen (secondary N) is 2. The van der Waals surface area contributed by atoms with Crippen LogP contribution in [0.2, 0.25) is 0 Å². The van der Waals surface area contributed by atoms with Crippen LogP contribution in [0.1, 0.15) is 77.3 Å². The molecule has 2 aromatic rings.